The first-order valence-electron chi connectivity index (χ1n) is 10.5. The molecule has 186 valence electrons. The molecule has 0 saturated carbocycles. The van der Waals surface area contributed by atoms with E-state index in [0.29, 0.717) is 10.4 Å². The maximum absolute atomic E-state index is 13.2. The van der Waals surface area contributed by atoms with Gasteiger partial charge < -0.3 is 0 Å². The normalized spacial score (nSPS) is 12.4. The number of sulfonamides is 1. The monoisotopic (exact) mass is 533 g/mol. The van der Waals surface area contributed by atoms with E-state index in [-0.39, 0.29) is 5.02 Å². The molecular weight excluding hydrogens is 515 g/mol. The summed E-state index contributed by atoms with van der Waals surface area (Å²) in [6, 6.07) is 19.5. The summed E-state index contributed by atoms with van der Waals surface area (Å²) < 4.78 is 64.7. The Labute approximate surface area is 210 Å². The van der Waals surface area contributed by atoms with Gasteiger partial charge in [0, 0.05) is 5.56 Å². The van der Waals surface area contributed by atoms with E-state index in [1.807, 2.05) is 54.6 Å². The number of hydrazone groups is 1. The highest BCUT2D eigenvalue weighted by Crippen LogP contribution is 2.36. The van der Waals surface area contributed by atoms with Crippen LogP contribution < -0.4 is 9.73 Å². The lowest BCUT2D eigenvalue weighted by molar-refractivity contribution is -0.137. The van der Waals surface area contributed by atoms with Crippen molar-refractivity contribution in [1.29, 1.82) is 0 Å². The van der Waals surface area contributed by atoms with Gasteiger partial charge in [0.25, 0.3) is 5.91 Å². The van der Waals surface area contributed by atoms with Gasteiger partial charge in [-0.2, -0.15) is 18.3 Å². The molecule has 0 heterocycles. The Morgan fingerprint density at radius 1 is 1.00 bits per heavy atom. The van der Waals surface area contributed by atoms with Gasteiger partial charge in [0.05, 0.1) is 28.7 Å². The van der Waals surface area contributed by atoms with Gasteiger partial charge in [-0.1, -0.05) is 60.1 Å². The molecule has 0 spiro atoms. The Balaban J connectivity index is 1.62. The first-order chi connectivity index (χ1) is 16.9. The number of nitrogens with one attached hydrogen (secondary N) is 1. The highest BCUT2D eigenvalue weighted by Gasteiger charge is 2.33. The van der Waals surface area contributed by atoms with Crippen LogP contribution in [0.15, 0.2) is 77.9 Å². The molecule has 0 atom stereocenters. The van der Waals surface area contributed by atoms with E-state index in [1.165, 1.54) is 6.21 Å². The number of carbonyl (C=O) groups excluding carboxylic acids is 1. The van der Waals surface area contributed by atoms with Gasteiger partial charge >= 0.3 is 6.18 Å². The van der Waals surface area contributed by atoms with Crippen LogP contribution in [0.25, 0.3) is 21.5 Å². The molecule has 0 fully saturated rings. The number of fused-ring (bicyclic) bond motifs is 2. The summed E-state index contributed by atoms with van der Waals surface area (Å²) in [5.74, 6) is -0.866. The van der Waals surface area contributed by atoms with Crippen LogP contribution >= 0.6 is 11.6 Å². The molecule has 0 aliphatic heterocycles. The lowest BCUT2D eigenvalue weighted by Crippen LogP contribution is -2.39. The van der Waals surface area contributed by atoms with Crippen LogP contribution in [0.3, 0.4) is 0 Å². The Morgan fingerprint density at radius 3 is 2.14 bits per heavy atom. The number of carbonyl (C=O) groups is 1. The van der Waals surface area contributed by atoms with Crippen molar-refractivity contribution in [2.45, 2.75) is 6.18 Å². The molecule has 0 aliphatic rings. The van der Waals surface area contributed by atoms with Crippen molar-refractivity contribution < 1.29 is 26.4 Å². The van der Waals surface area contributed by atoms with Crippen molar-refractivity contribution in [1.82, 2.24) is 5.43 Å². The molecule has 4 aromatic carbocycles. The molecule has 0 radical (unpaired) electrons. The topological polar surface area (TPSA) is 78.8 Å². The van der Waals surface area contributed by atoms with E-state index < -0.39 is 39.9 Å². The molecule has 0 saturated heterocycles. The fraction of sp³-hybridized carbons (Fsp3) is 0.120. The Morgan fingerprint density at radius 2 is 1.58 bits per heavy atom. The summed E-state index contributed by atoms with van der Waals surface area (Å²) >= 11 is 5.99. The summed E-state index contributed by atoms with van der Waals surface area (Å²) in [5, 5.41) is 7.44. The number of alkyl halides is 3. The molecule has 11 heteroatoms. The van der Waals surface area contributed by atoms with Crippen molar-refractivity contribution in [3.8, 4) is 0 Å². The Bertz CT molecular complexity index is 1550. The van der Waals surface area contributed by atoms with Crippen molar-refractivity contribution in [3.63, 3.8) is 0 Å². The van der Waals surface area contributed by atoms with Gasteiger partial charge in [0.15, 0.2) is 0 Å². The standard InChI is InChI=1S/C25H19ClF3N3O3S/c1-36(34,35)32(23-13-18(25(27,28)29)10-11-22(23)26)15-24(33)31-30-14-21-19-8-4-2-6-16(19)12-17-7-3-5-9-20(17)21/h2-14H,15H2,1H3,(H,31,33)/b30-14-. The average molecular weight is 534 g/mol. The molecule has 0 aliphatic carbocycles. The van der Waals surface area contributed by atoms with Crippen molar-refractivity contribution in [2.75, 3.05) is 17.1 Å². The van der Waals surface area contributed by atoms with Crippen LogP contribution in [-0.4, -0.2) is 33.3 Å². The SMILES string of the molecule is CS(=O)(=O)N(CC(=O)N/N=C\c1c2ccccc2cc2ccccc12)c1cc(C(F)(F)F)ccc1Cl. The van der Waals surface area contributed by atoms with E-state index in [0.717, 1.165) is 45.5 Å². The predicted molar refractivity (Wildman–Crippen MR) is 136 cm³/mol. The number of hydrogen-bond donors (Lipinski definition) is 1. The largest absolute Gasteiger partial charge is 0.416 e. The molecule has 0 bridgehead atoms. The summed E-state index contributed by atoms with van der Waals surface area (Å²) in [7, 11) is -4.16. The van der Waals surface area contributed by atoms with E-state index in [1.54, 1.807) is 0 Å². The van der Waals surface area contributed by atoms with Crippen molar-refractivity contribution in [3.05, 3.63) is 88.9 Å². The quantitative estimate of drug-likeness (QED) is 0.200. The molecular formula is C25H19ClF3N3O3S. The fourth-order valence-electron chi connectivity index (χ4n) is 3.78. The minimum Gasteiger partial charge on any atom is -0.271 e. The number of halogens is 4. The second-order valence-corrected chi connectivity index (χ2v) is 10.3. The smallest absolute Gasteiger partial charge is 0.271 e. The Kier molecular flexibility index (Phi) is 6.92. The number of nitrogens with zero attached hydrogens (tertiary/aromatic N) is 2. The molecule has 36 heavy (non-hydrogen) atoms. The van der Waals surface area contributed by atoms with Gasteiger partial charge in [-0.25, -0.2) is 13.8 Å². The number of anilines is 1. The fourth-order valence-corrected chi connectivity index (χ4v) is 4.91. The van der Waals surface area contributed by atoms with Crippen LogP contribution in [0.5, 0.6) is 0 Å². The van der Waals surface area contributed by atoms with Crippen molar-refractivity contribution >= 4 is 61.0 Å². The zero-order valence-corrected chi connectivity index (χ0v) is 20.3. The number of rotatable bonds is 6. The number of amides is 1. The first-order valence-corrected chi connectivity index (χ1v) is 12.7. The zero-order chi connectivity index (χ0) is 26.1. The summed E-state index contributed by atoms with van der Waals surface area (Å²) in [5.41, 5.74) is 1.43. The molecule has 0 aromatic heterocycles. The van der Waals surface area contributed by atoms with Crippen LogP contribution in [0.4, 0.5) is 18.9 Å². The van der Waals surface area contributed by atoms with Gasteiger partial charge in [-0.05, 0) is 45.8 Å². The number of benzene rings is 4. The highest BCUT2D eigenvalue weighted by atomic mass is 35.5. The maximum atomic E-state index is 13.2. The molecule has 1 amide bonds. The second-order valence-electron chi connectivity index (χ2n) is 7.96. The molecule has 6 nitrogen and oxygen atoms in total. The lowest BCUT2D eigenvalue weighted by atomic mass is 9.97. The molecule has 1 N–H and O–H groups in total. The van der Waals surface area contributed by atoms with E-state index in [2.05, 4.69) is 10.5 Å². The third-order valence-electron chi connectivity index (χ3n) is 5.43. The predicted octanol–water partition coefficient (Wildman–Crippen LogP) is 5.58. The van der Waals surface area contributed by atoms with Crippen molar-refractivity contribution in [2.24, 2.45) is 5.10 Å². The third kappa shape index (κ3) is 5.44. The average Bonchev–Trinajstić information content (AvgIpc) is 2.81. The van der Waals surface area contributed by atoms with Gasteiger partial charge in [-0.15, -0.1) is 0 Å². The molecule has 0 unspecified atom stereocenters. The van der Waals surface area contributed by atoms with Crippen LogP contribution in [0.2, 0.25) is 5.02 Å². The first kappa shape index (κ1) is 25.5. The van der Waals surface area contributed by atoms with Crippen LogP contribution in [0.1, 0.15) is 11.1 Å². The minimum absolute atomic E-state index is 0.257. The minimum atomic E-state index is -4.73. The van der Waals surface area contributed by atoms with Gasteiger partial charge in [0.1, 0.15) is 6.54 Å². The van der Waals surface area contributed by atoms with Gasteiger partial charge in [-0.3, -0.25) is 9.10 Å². The number of hydrogen-bond acceptors (Lipinski definition) is 4. The van der Waals surface area contributed by atoms with Gasteiger partial charge in [0.2, 0.25) is 10.0 Å². The third-order valence-corrected chi connectivity index (χ3v) is 6.87. The highest BCUT2D eigenvalue weighted by molar-refractivity contribution is 7.92. The van der Waals surface area contributed by atoms with E-state index >= 15 is 0 Å². The van der Waals surface area contributed by atoms with Crippen LogP contribution in [-0.2, 0) is 21.0 Å². The maximum Gasteiger partial charge on any atom is 0.416 e. The molecule has 4 rings (SSSR count). The van der Waals surface area contributed by atoms with Crippen LogP contribution in [0, 0.1) is 0 Å². The van der Waals surface area contributed by atoms with E-state index in [4.69, 9.17) is 11.6 Å². The van der Waals surface area contributed by atoms with E-state index in [9.17, 15) is 26.4 Å². The summed E-state index contributed by atoms with van der Waals surface area (Å²) in [6.45, 7) is -0.826. The summed E-state index contributed by atoms with van der Waals surface area (Å²) in [6.07, 6.45) is -2.51. The summed E-state index contributed by atoms with van der Waals surface area (Å²) in [4.78, 5) is 12.6. The Hall–Kier alpha value is -3.63. The second kappa shape index (κ2) is 9.79. The molecule has 4 aromatic rings. The lowest BCUT2D eigenvalue weighted by Gasteiger charge is -2.23. The zero-order valence-electron chi connectivity index (χ0n) is 18.8.